The molecule has 0 saturated heterocycles. The average Bonchev–Trinajstić information content (AvgIpc) is 2.22. The van der Waals surface area contributed by atoms with E-state index in [1.807, 2.05) is 0 Å². The van der Waals surface area contributed by atoms with Gasteiger partial charge in [-0.15, -0.1) is 0 Å². The highest BCUT2D eigenvalue weighted by atomic mass is 15.0. The molecule has 7 heavy (non-hydrogen) atoms. The van der Waals surface area contributed by atoms with Crippen LogP contribution in [0.1, 0.15) is 19.8 Å². The van der Waals surface area contributed by atoms with Gasteiger partial charge in [0, 0.05) is 11.6 Å². The summed E-state index contributed by atoms with van der Waals surface area (Å²) in [5.41, 5.74) is 0.314. The van der Waals surface area contributed by atoms with Crippen LogP contribution in [0.25, 0.3) is 0 Å². The molecular formula is C6H9N. The minimum atomic E-state index is 0.314. The summed E-state index contributed by atoms with van der Waals surface area (Å²) in [6.07, 6.45) is 7.46. The van der Waals surface area contributed by atoms with Crippen LogP contribution in [0.4, 0.5) is 0 Å². The van der Waals surface area contributed by atoms with Gasteiger partial charge in [0.1, 0.15) is 0 Å². The summed E-state index contributed by atoms with van der Waals surface area (Å²) >= 11 is 0. The molecule has 0 aromatic carbocycles. The molecule has 0 radical (unpaired) electrons. The molecule has 1 rings (SSSR count). The second-order valence-corrected chi connectivity index (χ2v) is 2.33. The van der Waals surface area contributed by atoms with Crippen molar-refractivity contribution in [2.45, 2.75) is 25.3 Å². The van der Waals surface area contributed by atoms with Crippen LogP contribution in [0.3, 0.4) is 0 Å². The average molecular weight is 95.1 g/mol. The highest BCUT2D eigenvalue weighted by molar-refractivity contribution is 5.03. The molecule has 1 heteroatoms. The molecule has 0 aliphatic heterocycles. The standard InChI is InChI=1S/C6H9N/c1-3-7-6(2)4-5-6/h1,7H,4-5H2,2H3. The molecule has 0 aromatic rings. The van der Waals surface area contributed by atoms with Gasteiger partial charge < -0.3 is 5.32 Å². The normalized spacial score (nSPS) is 22.9. The molecule has 0 amide bonds. The van der Waals surface area contributed by atoms with Crippen LogP contribution in [0.5, 0.6) is 0 Å². The van der Waals surface area contributed by atoms with E-state index in [1.165, 1.54) is 12.8 Å². The van der Waals surface area contributed by atoms with Crippen LogP contribution in [0.2, 0.25) is 0 Å². The molecule has 38 valence electrons. The SMILES string of the molecule is C#CNC1(C)CC1. The zero-order chi connectivity index (χ0) is 5.33. The molecule has 1 saturated carbocycles. The van der Waals surface area contributed by atoms with Crippen LogP contribution in [-0.4, -0.2) is 5.54 Å². The van der Waals surface area contributed by atoms with Gasteiger partial charge in [-0.1, -0.05) is 6.42 Å². The zero-order valence-electron chi connectivity index (χ0n) is 4.49. The van der Waals surface area contributed by atoms with Crippen LogP contribution in [0, 0.1) is 12.5 Å². The van der Waals surface area contributed by atoms with Gasteiger partial charge >= 0.3 is 0 Å². The van der Waals surface area contributed by atoms with E-state index in [0.29, 0.717) is 5.54 Å². The van der Waals surface area contributed by atoms with Crippen molar-refractivity contribution in [3.63, 3.8) is 0 Å². The Hall–Kier alpha value is -0.640. The lowest BCUT2D eigenvalue weighted by molar-refractivity contribution is 0.655. The Morgan fingerprint density at radius 3 is 2.43 bits per heavy atom. The fourth-order valence-electron chi connectivity index (χ4n) is 0.487. The van der Waals surface area contributed by atoms with Gasteiger partial charge in [0.05, 0.1) is 0 Å². The fraction of sp³-hybridized carbons (Fsp3) is 0.667. The van der Waals surface area contributed by atoms with Crippen molar-refractivity contribution in [3.8, 4) is 12.5 Å². The highest BCUT2D eigenvalue weighted by Gasteiger charge is 2.36. The predicted octanol–water partition coefficient (Wildman–Crippen LogP) is 0.719. The first-order chi connectivity index (χ1) is 3.27. The lowest BCUT2D eigenvalue weighted by atomic mass is 10.3. The van der Waals surface area contributed by atoms with E-state index in [2.05, 4.69) is 18.3 Å². The van der Waals surface area contributed by atoms with Crippen molar-refractivity contribution in [1.29, 1.82) is 0 Å². The van der Waals surface area contributed by atoms with E-state index in [1.54, 1.807) is 0 Å². The van der Waals surface area contributed by atoms with E-state index in [4.69, 9.17) is 6.42 Å². The van der Waals surface area contributed by atoms with E-state index in [-0.39, 0.29) is 0 Å². The largest absolute Gasteiger partial charge is 0.340 e. The van der Waals surface area contributed by atoms with Crippen molar-refractivity contribution in [2.24, 2.45) is 0 Å². The van der Waals surface area contributed by atoms with Crippen molar-refractivity contribution in [2.75, 3.05) is 0 Å². The van der Waals surface area contributed by atoms with Gasteiger partial charge in [-0.25, -0.2) is 0 Å². The Balaban J connectivity index is 2.30. The molecule has 0 bridgehead atoms. The maximum absolute atomic E-state index is 4.99. The Labute approximate surface area is 44.1 Å². The van der Waals surface area contributed by atoms with Crippen LogP contribution in [0.15, 0.2) is 0 Å². The molecule has 0 heterocycles. The predicted molar refractivity (Wildman–Crippen MR) is 29.6 cm³/mol. The van der Waals surface area contributed by atoms with Crippen LogP contribution >= 0.6 is 0 Å². The lowest BCUT2D eigenvalue weighted by Crippen LogP contribution is -2.21. The Morgan fingerprint density at radius 1 is 1.71 bits per heavy atom. The van der Waals surface area contributed by atoms with Gasteiger partial charge in [-0.05, 0) is 19.8 Å². The summed E-state index contributed by atoms with van der Waals surface area (Å²) in [4.78, 5) is 0. The molecule has 0 atom stereocenters. The second-order valence-electron chi connectivity index (χ2n) is 2.33. The summed E-state index contributed by atoms with van der Waals surface area (Å²) in [6.45, 7) is 2.13. The molecule has 1 nitrogen and oxygen atoms in total. The molecule has 0 aromatic heterocycles. The molecule has 1 aliphatic rings. The molecule has 1 N–H and O–H groups in total. The topological polar surface area (TPSA) is 12.0 Å². The molecule has 0 spiro atoms. The first-order valence-electron chi connectivity index (χ1n) is 2.50. The lowest BCUT2D eigenvalue weighted by Gasteiger charge is -2.01. The third-order valence-corrected chi connectivity index (χ3v) is 1.37. The first-order valence-corrected chi connectivity index (χ1v) is 2.50. The van der Waals surface area contributed by atoms with Crippen molar-refractivity contribution < 1.29 is 0 Å². The van der Waals surface area contributed by atoms with Crippen molar-refractivity contribution >= 4 is 0 Å². The highest BCUT2D eigenvalue weighted by Crippen LogP contribution is 2.33. The van der Waals surface area contributed by atoms with Crippen LogP contribution in [-0.2, 0) is 0 Å². The van der Waals surface area contributed by atoms with E-state index in [9.17, 15) is 0 Å². The van der Waals surface area contributed by atoms with Gasteiger partial charge in [0.25, 0.3) is 0 Å². The first kappa shape index (κ1) is 4.52. The van der Waals surface area contributed by atoms with Crippen molar-refractivity contribution in [3.05, 3.63) is 0 Å². The summed E-state index contributed by atoms with van der Waals surface area (Å²) in [6, 6.07) is 2.42. The summed E-state index contributed by atoms with van der Waals surface area (Å²) in [5, 5.41) is 2.92. The zero-order valence-corrected chi connectivity index (χ0v) is 4.49. The Kier molecular flexibility index (Phi) is 0.751. The van der Waals surface area contributed by atoms with Gasteiger partial charge in [0.15, 0.2) is 0 Å². The molecule has 0 unspecified atom stereocenters. The fourth-order valence-corrected chi connectivity index (χ4v) is 0.487. The number of rotatable bonds is 1. The van der Waals surface area contributed by atoms with Gasteiger partial charge in [-0.2, -0.15) is 0 Å². The minimum absolute atomic E-state index is 0.314. The quantitative estimate of drug-likeness (QED) is 0.374. The van der Waals surface area contributed by atoms with E-state index >= 15 is 0 Å². The Morgan fingerprint density at radius 2 is 2.29 bits per heavy atom. The maximum Gasteiger partial charge on any atom is 0.0423 e. The van der Waals surface area contributed by atoms with E-state index in [0.717, 1.165) is 0 Å². The number of hydrogen-bond donors (Lipinski definition) is 1. The minimum Gasteiger partial charge on any atom is -0.340 e. The number of terminal acetylenes is 1. The smallest absolute Gasteiger partial charge is 0.0423 e. The number of nitrogens with one attached hydrogen (secondary N) is 1. The van der Waals surface area contributed by atoms with Crippen molar-refractivity contribution in [1.82, 2.24) is 5.32 Å². The monoisotopic (exact) mass is 95.1 g/mol. The Bertz CT molecular complexity index is 106. The molecule has 1 aliphatic carbocycles. The summed E-state index contributed by atoms with van der Waals surface area (Å²) < 4.78 is 0. The molecule has 1 fully saturated rings. The molecular weight excluding hydrogens is 86.1 g/mol. The second kappa shape index (κ2) is 1.16. The van der Waals surface area contributed by atoms with E-state index < -0.39 is 0 Å². The number of hydrogen-bond acceptors (Lipinski definition) is 1. The summed E-state index contributed by atoms with van der Waals surface area (Å²) in [7, 11) is 0. The van der Waals surface area contributed by atoms with Gasteiger partial charge in [0.2, 0.25) is 0 Å². The third-order valence-electron chi connectivity index (χ3n) is 1.37. The third kappa shape index (κ3) is 0.866. The summed E-state index contributed by atoms with van der Waals surface area (Å²) in [5.74, 6) is 0. The van der Waals surface area contributed by atoms with Crippen LogP contribution < -0.4 is 5.32 Å². The maximum atomic E-state index is 4.99. The van der Waals surface area contributed by atoms with Gasteiger partial charge in [-0.3, -0.25) is 0 Å².